The van der Waals surface area contributed by atoms with E-state index in [4.69, 9.17) is 9.52 Å². The summed E-state index contributed by atoms with van der Waals surface area (Å²) in [4.78, 5) is 0. The van der Waals surface area contributed by atoms with Gasteiger partial charge in [0.2, 0.25) is 5.09 Å². The van der Waals surface area contributed by atoms with Crippen molar-refractivity contribution in [1.82, 2.24) is 4.31 Å². The summed E-state index contributed by atoms with van der Waals surface area (Å²) in [6.45, 7) is 2.29. The molecule has 0 unspecified atom stereocenters. The van der Waals surface area contributed by atoms with Gasteiger partial charge < -0.3 is 9.52 Å². The molecule has 5 nitrogen and oxygen atoms in total. The molecule has 0 radical (unpaired) electrons. The summed E-state index contributed by atoms with van der Waals surface area (Å²) in [6, 6.07) is 3.05. The first kappa shape index (κ1) is 13.6. The van der Waals surface area contributed by atoms with E-state index in [0.29, 0.717) is 6.54 Å². The molecule has 1 aliphatic rings. The van der Waals surface area contributed by atoms with Crippen LogP contribution in [0.4, 0.5) is 0 Å². The Bertz CT molecular complexity index is 490. The molecule has 1 saturated carbocycles. The average molecular weight is 273 g/mol. The highest BCUT2D eigenvalue weighted by atomic mass is 32.2. The van der Waals surface area contributed by atoms with Crippen molar-refractivity contribution in [2.45, 2.75) is 50.3 Å². The molecular formula is C12H19NO4S. The Balaban J connectivity index is 2.21. The molecular weight excluding hydrogens is 254 g/mol. The molecule has 1 heterocycles. The summed E-state index contributed by atoms with van der Waals surface area (Å²) in [5.41, 5.74) is 0. The number of sulfonamides is 1. The smallest absolute Gasteiger partial charge is 0.276 e. The van der Waals surface area contributed by atoms with Gasteiger partial charge in [0, 0.05) is 12.6 Å². The topological polar surface area (TPSA) is 70.8 Å². The third kappa shape index (κ3) is 2.76. The van der Waals surface area contributed by atoms with Gasteiger partial charge >= 0.3 is 0 Å². The van der Waals surface area contributed by atoms with E-state index < -0.39 is 10.0 Å². The molecule has 0 aliphatic heterocycles. The average Bonchev–Trinajstić information content (AvgIpc) is 3.05. The molecule has 0 atom stereocenters. The van der Waals surface area contributed by atoms with Crippen LogP contribution in [0.25, 0.3) is 0 Å². The second-order valence-electron chi connectivity index (χ2n) is 4.58. The lowest BCUT2D eigenvalue weighted by atomic mass is 10.3. The van der Waals surface area contributed by atoms with Crippen molar-refractivity contribution in [3.05, 3.63) is 17.9 Å². The first-order valence-corrected chi connectivity index (χ1v) is 7.75. The molecule has 1 aromatic heterocycles. The molecule has 2 rings (SSSR count). The van der Waals surface area contributed by atoms with Gasteiger partial charge in [-0.15, -0.1) is 0 Å². The second kappa shape index (κ2) is 5.42. The van der Waals surface area contributed by atoms with Gasteiger partial charge in [-0.1, -0.05) is 13.3 Å². The zero-order valence-corrected chi connectivity index (χ0v) is 11.3. The Labute approximate surface area is 107 Å². The maximum absolute atomic E-state index is 12.4. The van der Waals surface area contributed by atoms with Crippen molar-refractivity contribution >= 4 is 10.0 Å². The van der Waals surface area contributed by atoms with Crippen molar-refractivity contribution in [3.63, 3.8) is 0 Å². The minimum Gasteiger partial charge on any atom is -0.446 e. The highest BCUT2D eigenvalue weighted by Gasteiger charge is 2.39. The lowest BCUT2D eigenvalue weighted by Crippen LogP contribution is -2.33. The van der Waals surface area contributed by atoms with Crippen LogP contribution in [0.15, 0.2) is 21.6 Å². The lowest BCUT2D eigenvalue weighted by Gasteiger charge is -2.19. The van der Waals surface area contributed by atoms with Gasteiger partial charge in [0.05, 0.1) is 0 Å². The molecule has 1 fully saturated rings. The van der Waals surface area contributed by atoms with E-state index >= 15 is 0 Å². The monoisotopic (exact) mass is 273 g/mol. The fourth-order valence-corrected chi connectivity index (χ4v) is 3.53. The maximum atomic E-state index is 12.4. The molecule has 0 aromatic carbocycles. The van der Waals surface area contributed by atoms with Crippen LogP contribution in [0.3, 0.4) is 0 Å². The fraction of sp³-hybridized carbons (Fsp3) is 0.667. The quantitative estimate of drug-likeness (QED) is 0.821. The van der Waals surface area contributed by atoms with E-state index in [1.165, 1.54) is 16.4 Å². The van der Waals surface area contributed by atoms with Crippen LogP contribution >= 0.6 is 0 Å². The summed E-state index contributed by atoms with van der Waals surface area (Å²) in [5, 5.41) is 8.86. The number of unbranched alkanes of at least 4 members (excludes halogenated alkanes) is 1. The van der Waals surface area contributed by atoms with Crippen LogP contribution in [0.1, 0.15) is 38.4 Å². The first-order chi connectivity index (χ1) is 8.59. The molecule has 1 N–H and O–H groups in total. The van der Waals surface area contributed by atoms with Gasteiger partial charge in [-0.25, -0.2) is 8.42 Å². The fourth-order valence-electron chi connectivity index (χ4n) is 1.87. The van der Waals surface area contributed by atoms with E-state index in [2.05, 4.69) is 0 Å². The highest BCUT2D eigenvalue weighted by molar-refractivity contribution is 7.89. The van der Waals surface area contributed by atoms with Crippen LogP contribution in [-0.2, 0) is 16.6 Å². The number of hydrogen-bond donors (Lipinski definition) is 1. The first-order valence-electron chi connectivity index (χ1n) is 6.31. The van der Waals surface area contributed by atoms with Crippen LogP contribution in [0.2, 0.25) is 0 Å². The summed E-state index contributed by atoms with van der Waals surface area (Å²) in [6.07, 6.45) is 3.66. The van der Waals surface area contributed by atoms with Gasteiger partial charge in [0.25, 0.3) is 10.0 Å². The molecule has 0 saturated heterocycles. The number of aliphatic hydroxyl groups excluding tert-OH is 1. The van der Waals surface area contributed by atoms with Crippen molar-refractivity contribution in [2.24, 2.45) is 0 Å². The second-order valence-corrected chi connectivity index (χ2v) is 6.40. The van der Waals surface area contributed by atoms with Gasteiger partial charge in [0.1, 0.15) is 12.4 Å². The zero-order chi connectivity index (χ0) is 13.2. The van der Waals surface area contributed by atoms with Gasteiger partial charge in [0.15, 0.2) is 0 Å². The molecule has 102 valence electrons. The summed E-state index contributed by atoms with van der Waals surface area (Å²) in [7, 11) is -3.54. The third-order valence-electron chi connectivity index (χ3n) is 3.04. The molecule has 0 spiro atoms. The van der Waals surface area contributed by atoms with Crippen LogP contribution in [0.5, 0.6) is 0 Å². The number of aliphatic hydroxyl groups is 1. The largest absolute Gasteiger partial charge is 0.446 e. The van der Waals surface area contributed by atoms with E-state index in [-0.39, 0.29) is 23.5 Å². The van der Waals surface area contributed by atoms with Crippen LogP contribution < -0.4 is 0 Å². The third-order valence-corrected chi connectivity index (χ3v) is 4.87. The number of nitrogens with zero attached hydrogens (tertiary/aromatic N) is 1. The molecule has 6 heteroatoms. The number of hydrogen-bond acceptors (Lipinski definition) is 4. The molecule has 1 aliphatic carbocycles. The van der Waals surface area contributed by atoms with Crippen molar-refractivity contribution in [1.29, 1.82) is 0 Å². The molecule has 0 amide bonds. The Hall–Kier alpha value is -0.850. The Kier molecular flexibility index (Phi) is 4.09. The van der Waals surface area contributed by atoms with Gasteiger partial charge in [-0.2, -0.15) is 4.31 Å². The van der Waals surface area contributed by atoms with E-state index in [1.54, 1.807) is 0 Å². The molecule has 0 bridgehead atoms. The SMILES string of the molecule is CCCCN(C1CC1)S(=O)(=O)c1ccc(CO)o1. The van der Waals surface area contributed by atoms with E-state index in [9.17, 15) is 8.42 Å². The van der Waals surface area contributed by atoms with Gasteiger partial charge in [-0.05, 0) is 31.4 Å². The number of rotatable bonds is 7. The van der Waals surface area contributed by atoms with Crippen LogP contribution in [0, 0.1) is 0 Å². The summed E-state index contributed by atoms with van der Waals surface area (Å²) < 4.78 is 31.5. The zero-order valence-electron chi connectivity index (χ0n) is 10.5. The normalized spacial score (nSPS) is 16.4. The number of furan rings is 1. The molecule has 1 aromatic rings. The van der Waals surface area contributed by atoms with Crippen LogP contribution in [-0.4, -0.2) is 30.4 Å². The van der Waals surface area contributed by atoms with E-state index in [1.807, 2.05) is 6.92 Å². The Morgan fingerprint density at radius 3 is 2.67 bits per heavy atom. The molecule has 18 heavy (non-hydrogen) atoms. The Morgan fingerprint density at radius 2 is 2.17 bits per heavy atom. The van der Waals surface area contributed by atoms with E-state index in [0.717, 1.165) is 25.7 Å². The summed E-state index contributed by atoms with van der Waals surface area (Å²) >= 11 is 0. The minimum absolute atomic E-state index is 0.0606. The minimum atomic E-state index is -3.54. The van der Waals surface area contributed by atoms with Gasteiger partial charge in [-0.3, -0.25) is 0 Å². The van der Waals surface area contributed by atoms with Crippen molar-refractivity contribution < 1.29 is 17.9 Å². The standard InChI is InChI=1S/C12H19NO4S/c1-2-3-8-13(10-4-5-10)18(15,16)12-7-6-11(9-14)17-12/h6-7,10,14H,2-5,8-9H2,1H3. The van der Waals surface area contributed by atoms with Crippen molar-refractivity contribution in [2.75, 3.05) is 6.54 Å². The van der Waals surface area contributed by atoms with Crippen molar-refractivity contribution in [3.8, 4) is 0 Å². The predicted molar refractivity (Wildman–Crippen MR) is 66.5 cm³/mol. The maximum Gasteiger partial charge on any atom is 0.276 e. The predicted octanol–water partition coefficient (Wildman–Crippen LogP) is 1.73. The lowest BCUT2D eigenvalue weighted by molar-refractivity contribution is 0.234. The summed E-state index contributed by atoms with van der Waals surface area (Å²) in [5.74, 6) is 0.278. The highest BCUT2D eigenvalue weighted by Crippen LogP contribution is 2.32. The Morgan fingerprint density at radius 1 is 1.44 bits per heavy atom.